The lowest BCUT2D eigenvalue weighted by Gasteiger charge is -2.33. The highest BCUT2D eigenvalue weighted by atomic mass is 16.5. The van der Waals surface area contributed by atoms with Crippen molar-refractivity contribution >= 4 is 5.91 Å². The lowest BCUT2D eigenvalue weighted by Crippen LogP contribution is -2.43. The van der Waals surface area contributed by atoms with Crippen molar-refractivity contribution in [2.24, 2.45) is 11.7 Å². The van der Waals surface area contributed by atoms with Crippen LogP contribution in [0.15, 0.2) is 24.4 Å². The maximum atomic E-state index is 12.5. The van der Waals surface area contributed by atoms with Gasteiger partial charge >= 0.3 is 0 Å². The van der Waals surface area contributed by atoms with Gasteiger partial charge in [-0.2, -0.15) is 0 Å². The van der Waals surface area contributed by atoms with Crippen LogP contribution in [-0.2, 0) is 16.1 Å². The van der Waals surface area contributed by atoms with Crippen LogP contribution < -0.4 is 5.73 Å². The zero-order chi connectivity index (χ0) is 16.2. The molecule has 1 aromatic heterocycles. The Labute approximate surface area is 136 Å². The molecule has 1 amide bonds. The first-order valence-corrected chi connectivity index (χ1v) is 8.37. The largest absolute Gasteiger partial charge is 0.391 e. The summed E-state index contributed by atoms with van der Waals surface area (Å²) in [6.07, 6.45) is 4.19. The average Bonchev–Trinajstić information content (AvgIpc) is 2.93. The number of nitrogens with two attached hydrogens (primary N) is 1. The first kappa shape index (κ1) is 16.4. The molecule has 0 radical (unpaired) electrons. The Balaban J connectivity index is 1.42. The van der Waals surface area contributed by atoms with E-state index in [1.165, 1.54) is 0 Å². The molecule has 2 heterocycles. The minimum Gasteiger partial charge on any atom is -0.391 e. The standard InChI is InChI=1S/C17H25N3O3/c18-15-9-12(10-16(15)21)17(22)20-7-4-14(5-8-20)23-11-13-3-1-2-6-19-13/h1-3,6,12,14-16,21H,4-5,7-11,18H2/t12-,15+,16+/m0/s1. The second kappa shape index (κ2) is 7.38. The van der Waals surface area contributed by atoms with Crippen molar-refractivity contribution in [2.75, 3.05) is 13.1 Å². The van der Waals surface area contributed by atoms with Gasteiger partial charge in [-0.1, -0.05) is 6.07 Å². The van der Waals surface area contributed by atoms with Crippen molar-refractivity contribution in [3.8, 4) is 0 Å². The van der Waals surface area contributed by atoms with Gasteiger partial charge < -0.3 is 20.5 Å². The van der Waals surface area contributed by atoms with E-state index in [4.69, 9.17) is 10.5 Å². The van der Waals surface area contributed by atoms with Crippen LogP contribution in [0.4, 0.5) is 0 Å². The molecule has 3 rings (SSSR count). The number of aliphatic hydroxyl groups excluding tert-OH is 1. The summed E-state index contributed by atoms with van der Waals surface area (Å²) in [6, 6.07) is 5.53. The second-order valence-corrected chi connectivity index (χ2v) is 6.56. The molecule has 1 aromatic rings. The molecule has 23 heavy (non-hydrogen) atoms. The fourth-order valence-electron chi connectivity index (χ4n) is 3.44. The maximum Gasteiger partial charge on any atom is 0.225 e. The Kier molecular flexibility index (Phi) is 5.25. The fraction of sp³-hybridized carbons (Fsp3) is 0.647. The lowest BCUT2D eigenvalue weighted by molar-refractivity contribution is -0.138. The molecular formula is C17H25N3O3. The highest BCUT2D eigenvalue weighted by Gasteiger charge is 2.37. The third kappa shape index (κ3) is 4.07. The van der Waals surface area contributed by atoms with Gasteiger partial charge in [0.15, 0.2) is 0 Å². The number of carbonyl (C=O) groups excluding carboxylic acids is 1. The zero-order valence-corrected chi connectivity index (χ0v) is 13.3. The van der Waals surface area contributed by atoms with E-state index in [-0.39, 0.29) is 24.0 Å². The van der Waals surface area contributed by atoms with Crippen LogP contribution >= 0.6 is 0 Å². The Morgan fingerprint density at radius 3 is 2.74 bits per heavy atom. The Hall–Kier alpha value is -1.50. The van der Waals surface area contributed by atoms with Gasteiger partial charge in [0.05, 0.1) is 24.5 Å². The third-order valence-corrected chi connectivity index (χ3v) is 4.87. The third-order valence-electron chi connectivity index (χ3n) is 4.87. The van der Waals surface area contributed by atoms with E-state index in [1.54, 1.807) is 6.20 Å². The fourth-order valence-corrected chi connectivity index (χ4v) is 3.44. The van der Waals surface area contributed by atoms with Crippen molar-refractivity contribution in [1.82, 2.24) is 9.88 Å². The number of ether oxygens (including phenoxy) is 1. The summed E-state index contributed by atoms with van der Waals surface area (Å²) in [5.74, 6) is 0.0196. The molecule has 2 fully saturated rings. The topological polar surface area (TPSA) is 88.7 Å². The predicted octanol–water partition coefficient (Wildman–Crippen LogP) is 0.687. The van der Waals surface area contributed by atoms with Crippen molar-refractivity contribution in [2.45, 2.75) is 50.5 Å². The van der Waals surface area contributed by atoms with Crippen LogP contribution in [0.3, 0.4) is 0 Å². The number of carbonyl (C=O) groups is 1. The lowest BCUT2D eigenvalue weighted by atomic mass is 10.0. The average molecular weight is 319 g/mol. The van der Waals surface area contributed by atoms with Crippen LogP contribution in [-0.4, -0.2) is 52.2 Å². The molecule has 6 heteroatoms. The van der Waals surface area contributed by atoms with Gasteiger partial charge in [-0.15, -0.1) is 0 Å². The summed E-state index contributed by atoms with van der Waals surface area (Å²) < 4.78 is 5.90. The van der Waals surface area contributed by atoms with Gasteiger partial charge in [0, 0.05) is 31.2 Å². The Bertz CT molecular complexity index is 507. The monoisotopic (exact) mass is 319 g/mol. The van der Waals surface area contributed by atoms with E-state index < -0.39 is 6.10 Å². The summed E-state index contributed by atoms with van der Waals surface area (Å²) >= 11 is 0. The van der Waals surface area contributed by atoms with E-state index in [9.17, 15) is 9.90 Å². The first-order chi connectivity index (χ1) is 11.1. The van der Waals surface area contributed by atoms with Crippen molar-refractivity contribution < 1.29 is 14.6 Å². The van der Waals surface area contributed by atoms with Crippen LogP contribution in [0.5, 0.6) is 0 Å². The quantitative estimate of drug-likeness (QED) is 0.852. The molecule has 3 N–H and O–H groups in total. The smallest absolute Gasteiger partial charge is 0.225 e. The molecule has 6 nitrogen and oxygen atoms in total. The molecule has 0 spiro atoms. The minimum atomic E-state index is -0.539. The molecule has 0 unspecified atom stereocenters. The van der Waals surface area contributed by atoms with Gasteiger partial charge in [0.25, 0.3) is 0 Å². The number of pyridine rings is 1. The minimum absolute atomic E-state index is 0.119. The van der Waals surface area contributed by atoms with Gasteiger partial charge in [-0.05, 0) is 37.8 Å². The van der Waals surface area contributed by atoms with Gasteiger partial charge in [0.1, 0.15) is 0 Å². The molecule has 1 saturated carbocycles. The summed E-state index contributed by atoms with van der Waals surface area (Å²) in [5.41, 5.74) is 6.74. The number of amides is 1. The van der Waals surface area contributed by atoms with E-state index in [2.05, 4.69) is 4.98 Å². The number of nitrogens with zero attached hydrogens (tertiary/aromatic N) is 2. The molecule has 3 atom stereocenters. The number of hydrogen-bond acceptors (Lipinski definition) is 5. The van der Waals surface area contributed by atoms with E-state index in [0.717, 1.165) is 18.5 Å². The first-order valence-electron chi connectivity index (χ1n) is 8.37. The molecule has 1 aliphatic heterocycles. The molecule has 1 aliphatic carbocycles. The van der Waals surface area contributed by atoms with E-state index in [0.29, 0.717) is 32.5 Å². The van der Waals surface area contributed by atoms with E-state index in [1.807, 2.05) is 23.1 Å². The number of hydrogen-bond donors (Lipinski definition) is 2. The normalized spacial score (nSPS) is 29.0. The molecule has 126 valence electrons. The van der Waals surface area contributed by atoms with Crippen LogP contribution in [0.2, 0.25) is 0 Å². The number of likely N-dealkylation sites (tertiary alicyclic amines) is 1. The summed E-state index contributed by atoms with van der Waals surface area (Å²) in [5, 5.41) is 9.71. The van der Waals surface area contributed by atoms with Gasteiger partial charge in [-0.25, -0.2) is 0 Å². The molecule has 2 aliphatic rings. The van der Waals surface area contributed by atoms with Crippen LogP contribution in [0.25, 0.3) is 0 Å². The van der Waals surface area contributed by atoms with E-state index >= 15 is 0 Å². The summed E-state index contributed by atoms with van der Waals surface area (Å²) in [4.78, 5) is 18.6. The zero-order valence-electron chi connectivity index (χ0n) is 13.3. The number of aliphatic hydroxyl groups is 1. The van der Waals surface area contributed by atoms with Crippen molar-refractivity contribution in [3.63, 3.8) is 0 Å². The molecule has 0 aromatic carbocycles. The molecular weight excluding hydrogens is 294 g/mol. The van der Waals surface area contributed by atoms with Crippen molar-refractivity contribution in [3.05, 3.63) is 30.1 Å². The highest BCUT2D eigenvalue weighted by molar-refractivity contribution is 5.79. The van der Waals surface area contributed by atoms with Crippen LogP contribution in [0, 0.1) is 5.92 Å². The number of rotatable bonds is 4. The molecule has 0 bridgehead atoms. The van der Waals surface area contributed by atoms with Crippen LogP contribution in [0.1, 0.15) is 31.4 Å². The Morgan fingerprint density at radius 1 is 1.35 bits per heavy atom. The number of piperidine rings is 1. The Morgan fingerprint density at radius 2 is 2.13 bits per heavy atom. The predicted molar refractivity (Wildman–Crippen MR) is 85.3 cm³/mol. The van der Waals surface area contributed by atoms with Crippen molar-refractivity contribution in [1.29, 1.82) is 0 Å². The maximum absolute atomic E-state index is 12.5. The molecule has 1 saturated heterocycles. The number of aromatic nitrogens is 1. The summed E-state index contributed by atoms with van der Waals surface area (Å²) in [6.45, 7) is 1.95. The highest BCUT2D eigenvalue weighted by Crippen LogP contribution is 2.28. The van der Waals surface area contributed by atoms with Gasteiger partial charge in [-0.3, -0.25) is 9.78 Å². The van der Waals surface area contributed by atoms with Gasteiger partial charge in [0.2, 0.25) is 5.91 Å². The second-order valence-electron chi connectivity index (χ2n) is 6.56. The summed E-state index contributed by atoms with van der Waals surface area (Å²) in [7, 11) is 0. The SMILES string of the molecule is N[C@@H]1C[C@H](C(=O)N2CCC(OCc3ccccn3)CC2)C[C@H]1O.